The van der Waals surface area contributed by atoms with Gasteiger partial charge in [-0.3, -0.25) is 4.90 Å². The maximum absolute atomic E-state index is 10.5. The van der Waals surface area contributed by atoms with Crippen molar-refractivity contribution in [2.24, 2.45) is 5.41 Å². The number of nitriles is 2. The molecular weight excluding hydrogens is 590 g/mol. The van der Waals surface area contributed by atoms with Gasteiger partial charge in [0.05, 0.1) is 31.4 Å². The van der Waals surface area contributed by atoms with Gasteiger partial charge < -0.3 is 30.7 Å². The Labute approximate surface area is 266 Å². The molecule has 7 rings (SSSR count). The Bertz CT molecular complexity index is 1700. The molecule has 2 saturated heterocycles. The maximum Gasteiger partial charge on any atom is 0.320 e. The van der Waals surface area contributed by atoms with E-state index in [9.17, 15) is 10.5 Å². The molecule has 5 heterocycles. The van der Waals surface area contributed by atoms with Gasteiger partial charge in [0.2, 0.25) is 0 Å². The lowest BCUT2D eigenvalue weighted by Crippen LogP contribution is -2.59. The normalized spacial score (nSPS) is 20.1. The molecule has 0 radical (unpaired) electrons. The van der Waals surface area contributed by atoms with Crippen molar-refractivity contribution >= 4 is 33.8 Å². The summed E-state index contributed by atoms with van der Waals surface area (Å²) in [5.41, 5.74) is 15.1. The first-order chi connectivity index (χ1) is 21.8. The van der Waals surface area contributed by atoms with Crippen LogP contribution in [0.4, 0.5) is 22.5 Å². The van der Waals surface area contributed by atoms with E-state index in [1.54, 1.807) is 6.20 Å². The summed E-state index contributed by atoms with van der Waals surface area (Å²) in [7, 11) is 1.88. The highest BCUT2D eigenvalue weighted by Crippen LogP contribution is 2.53. The number of nitrogens with zero attached hydrogens (tertiary/aromatic N) is 9. The van der Waals surface area contributed by atoms with Gasteiger partial charge in [-0.1, -0.05) is 0 Å². The summed E-state index contributed by atoms with van der Waals surface area (Å²) >= 11 is 1.52. The van der Waals surface area contributed by atoms with Crippen molar-refractivity contribution in [3.63, 3.8) is 0 Å². The Morgan fingerprint density at radius 3 is 2.58 bits per heavy atom. The van der Waals surface area contributed by atoms with Crippen LogP contribution in [-0.4, -0.2) is 84.4 Å². The summed E-state index contributed by atoms with van der Waals surface area (Å²) in [4.78, 5) is 25.7. The minimum atomic E-state index is -0.280. The molecule has 4 N–H and O–H groups in total. The topological polar surface area (TPSA) is 179 Å². The second-order valence-electron chi connectivity index (χ2n) is 12.9. The molecule has 3 aromatic heterocycles. The molecule has 3 fully saturated rings. The van der Waals surface area contributed by atoms with Crippen molar-refractivity contribution in [2.75, 3.05) is 80.9 Å². The van der Waals surface area contributed by atoms with Gasteiger partial charge in [0.15, 0.2) is 11.6 Å². The highest BCUT2D eigenvalue weighted by Gasteiger charge is 2.52. The Hall–Kier alpha value is -4.24. The van der Waals surface area contributed by atoms with Crippen molar-refractivity contribution in [3.05, 3.63) is 39.7 Å². The molecule has 4 aliphatic rings. The molecule has 0 bridgehead atoms. The van der Waals surface area contributed by atoms with Crippen LogP contribution in [0.15, 0.2) is 12.5 Å². The summed E-state index contributed by atoms with van der Waals surface area (Å²) in [6.07, 6.45) is 7.13. The second kappa shape index (κ2) is 11.3. The zero-order chi connectivity index (χ0) is 31.3. The van der Waals surface area contributed by atoms with E-state index in [1.807, 2.05) is 18.9 Å². The quantitative estimate of drug-likeness (QED) is 0.354. The van der Waals surface area contributed by atoms with Crippen molar-refractivity contribution in [1.29, 1.82) is 10.5 Å². The fourth-order valence-electron chi connectivity index (χ4n) is 7.08. The van der Waals surface area contributed by atoms with Gasteiger partial charge in [-0.2, -0.15) is 20.5 Å². The first-order valence-electron chi connectivity index (χ1n) is 15.4. The molecule has 14 heteroatoms. The highest BCUT2D eigenvalue weighted by molar-refractivity contribution is 7.16. The standard InChI is InChI=1S/C31H37N11O2S/c1-19(22-13-36-18-37-25(22)34)40(2)27-21(12-33)28(42-15-31(16-42)4-3-23-24(31)20(11-32)26(35)45-23)39-29(38-27)44-17-30(5-6-30)14-41-7-9-43-10-8-41/h13,18-19H,3-10,14-17,35H2,1-2H3,(H2,34,36,37). The van der Waals surface area contributed by atoms with Crippen LogP contribution in [0.25, 0.3) is 0 Å². The SMILES string of the molecule is CC(c1cncnc1N)N(C)c1nc(OCC2(CN3CCOCC3)CC2)nc(N2CC3(CCc4sc(N)c(C#N)c43)C2)c1C#N. The fourth-order valence-corrected chi connectivity index (χ4v) is 8.22. The second-order valence-corrected chi connectivity index (χ2v) is 14.0. The molecule has 1 saturated carbocycles. The van der Waals surface area contributed by atoms with Gasteiger partial charge in [0.25, 0.3) is 0 Å². The third kappa shape index (κ3) is 5.17. The molecule has 2 aliphatic heterocycles. The number of thiophene rings is 1. The number of nitrogen functional groups attached to an aromatic ring is 2. The number of aryl methyl sites for hydroxylation is 1. The van der Waals surface area contributed by atoms with E-state index in [0.29, 0.717) is 53.3 Å². The third-order valence-corrected chi connectivity index (χ3v) is 11.1. The number of anilines is 4. The van der Waals surface area contributed by atoms with Crippen LogP contribution in [0, 0.1) is 28.1 Å². The first-order valence-corrected chi connectivity index (χ1v) is 16.2. The molecule has 234 valence electrons. The van der Waals surface area contributed by atoms with Crippen molar-refractivity contribution in [2.45, 2.75) is 44.1 Å². The Balaban J connectivity index is 1.20. The lowest BCUT2D eigenvalue weighted by molar-refractivity contribution is 0.0231. The summed E-state index contributed by atoms with van der Waals surface area (Å²) in [5.74, 6) is 1.36. The predicted octanol–water partition coefficient (Wildman–Crippen LogP) is 2.63. The van der Waals surface area contributed by atoms with Crippen LogP contribution in [0.5, 0.6) is 6.01 Å². The molecule has 1 atom stereocenters. The van der Waals surface area contributed by atoms with E-state index in [4.69, 9.17) is 30.9 Å². The fraction of sp³-hybridized carbons (Fsp3) is 0.548. The number of fused-ring (bicyclic) bond motifs is 2. The minimum Gasteiger partial charge on any atom is -0.463 e. The van der Waals surface area contributed by atoms with Crippen LogP contribution in [0.2, 0.25) is 0 Å². The van der Waals surface area contributed by atoms with Crippen LogP contribution >= 0.6 is 11.3 Å². The Morgan fingerprint density at radius 1 is 1.13 bits per heavy atom. The zero-order valence-corrected chi connectivity index (χ0v) is 26.4. The lowest BCUT2D eigenvalue weighted by Gasteiger charge is -2.49. The predicted molar refractivity (Wildman–Crippen MR) is 170 cm³/mol. The van der Waals surface area contributed by atoms with E-state index in [1.165, 1.54) is 22.5 Å². The third-order valence-electron chi connectivity index (χ3n) is 10.00. The smallest absolute Gasteiger partial charge is 0.320 e. The molecule has 1 unspecified atom stereocenters. The first kappa shape index (κ1) is 29.5. The largest absolute Gasteiger partial charge is 0.463 e. The van der Waals surface area contributed by atoms with Crippen LogP contribution in [0.3, 0.4) is 0 Å². The maximum atomic E-state index is 10.5. The van der Waals surface area contributed by atoms with E-state index >= 15 is 0 Å². The minimum absolute atomic E-state index is 0.0670. The van der Waals surface area contributed by atoms with Crippen molar-refractivity contribution in [3.8, 4) is 18.1 Å². The monoisotopic (exact) mass is 627 g/mol. The molecular formula is C31H37N11O2S. The van der Waals surface area contributed by atoms with Gasteiger partial charge in [0, 0.05) is 67.2 Å². The number of hydrogen-bond acceptors (Lipinski definition) is 14. The van der Waals surface area contributed by atoms with Gasteiger partial charge in [-0.15, -0.1) is 11.3 Å². The highest BCUT2D eigenvalue weighted by atomic mass is 32.1. The Kier molecular flexibility index (Phi) is 7.39. The number of rotatable bonds is 9. The lowest BCUT2D eigenvalue weighted by atomic mass is 9.74. The van der Waals surface area contributed by atoms with Gasteiger partial charge in [-0.05, 0) is 38.2 Å². The molecule has 3 aromatic rings. The van der Waals surface area contributed by atoms with Crippen LogP contribution < -0.4 is 26.0 Å². The average molecular weight is 628 g/mol. The molecule has 13 nitrogen and oxygen atoms in total. The van der Waals surface area contributed by atoms with Crippen LogP contribution in [0.1, 0.15) is 59.4 Å². The molecule has 0 amide bonds. The molecule has 1 spiro atoms. The summed E-state index contributed by atoms with van der Waals surface area (Å²) in [5, 5.41) is 21.0. The number of nitrogens with two attached hydrogens (primary N) is 2. The van der Waals surface area contributed by atoms with Crippen molar-refractivity contribution in [1.82, 2.24) is 24.8 Å². The zero-order valence-electron chi connectivity index (χ0n) is 25.6. The van der Waals surface area contributed by atoms with Gasteiger partial charge in [-0.25, -0.2) is 9.97 Å². The molecule has 0 aromatic carbocycles. The molecule has 2 aliphatic carbocycles. The number of morpholine rings is 1. The van der Waals surface area contributed by atoms with E-state index in [2.05, 4.69) is 31.9 Å². The Morgan fingerprint density at radius 2 is 1.89 bits per heavy atom. The van der Waals surface area contributed by atoms with Gasteiger partial charge >= 0.3 is 6.01 Å². The van der Waals surface area contributed by atoms with Crippen LogP contribution in [-0.2, 0) is 16.6 Å². The average Bonchev–Trinajstić information content (AvgIpc) is 3.58. The van der Waals surface area contributed by atoms with E-state index in [0.717, 1.165) is 69.7 Å². The number of hydrogen-bond donors (Lipinski definition) is 2. The summed E-state index contributed by atoms with van der Waals surface area (Å²) in [6.45, 7) is 8.08. The number of aromatic nitrogens is 4. The van der Waals surface area contributed by atoms with E-state index < -0.39 is 0 Å². The molecule has 45 heavy (non-hydrogen) atoms. The van der Waals surface area contributed by atoms with Gasteiger partial charge in [0.1, 0.15) is 34.8 Å². The summed E-state index contributed by atoms with van der Waals surface area (Å²) < 4.78 is 11.9. The summed E-state index contributed by atoms with van der Waals surface area (Å²) in [6, 6.07) is 4.69. The van der Waals surface area contributed by atoms with E-state index in [-0.39, 0.29) is 22.9 Å². The number of ether oxygens (including phenoxy) is 2. The van der Waals surface area contributed by atoms with Crippen molar-refractivity contribution < 1.29 is 9.47 Å².